The van der Waals surface area contributed by atoms with Gasteiger partial charge in [0.05, 0.1) is 15.9 Å². The Bertz CT molecular complexity index is 1180. The van der Waals surface area contributed by atoms with Crippen molar-refractivity contribution in [3.05, 3.63) is 70.3 Å². The molecular formula is C24H30N2O9S. The molecule has 2 rings (SSSR count). The molecule has 0 aliphatic rings. The molecular weight excluding hydrogens is 492 g/mol. The highest BCUT2D eigenvalue weighted by Crippen LogP contribution is 2.30. The van der Waals surface area contributed by atoms with Crippen LogP contribution in [0.4, 0.5) is 10.5 Å². The van der Waals surface area contributed by atoms with E-state index in [4.69, 9.17) is 4.74 Å². The van der Waals surface area contributed by atoms with Crippen LogP contribution in [0.15, 0.2) is 59.5 Å². The van der Waals surface area contributed by atoms with Crippen molar-refractivity contribution in [1.82, 2.24) is 5.32 Å². The molecule has 4 atom stereocenters. The zero-order valence-electron chi connectivity index (χ0n) is 20.3. The van der Waals surface area contributed by atoms with Gasteiger partial charge in [-0.2, -0.15) is 0 Å². The summed E-state index contributed by atoms with van der Waals surface area (Å²) in [5.41, 5.74) is -0.664. The number of carbonyl (C=O) groups excluding carboxylic acids is 1. The van der Waals surface area contributed by atoms with Crippen LogP contribution in [-0.4, -0.2) is 58.6 Å². The quantitative estimate of drug-likeness (QED) is 0.312. The molecule has 0 heterocycles. The SMILES string of the molecule is CCC(c1ccccc1)[C@H](NC(=O)OC(C)(C)C)[C@H](O)[C@H](C(=O)O)S(=O)(=O)c1ccc([N+](=O)[O-])cc1. The van der Waals surface area contributed by atoms with Crippen LogP contribution in [0.2, 0.25) is 0 Å². The van der Waals surface area contributed by atoms with Gasteiger partial charge in [0, 0.05) is 18.1 Å². The molecule has 1 unspecified atom stereocenters. The lowest BCUT2D eigenvalue weighted by Crippen LogP contribution is -2.56. The number of nitrogens with zero attached hydrogens (tertiary/aromatic N) is 1. The molecule has 3 N–H and O–H groups in total. The molecule has 2 aromatic carbocycles. The average Bonchev–Trinajstić information content (AvgIpc) is 2.78. The highest BCUT2D eigenvalue weighted by molar-refractivity contribution is 7.92. The Morgan fingerprint density at radius 2 is 1.64 bits per heavy atom. The van der Waals surface area contributed by atoms with Crippen molar-refractivity contribution in [2.24, 2.45) is 0 Å². The molecule has 0 bridgehead atoms. The number of benzene rings is 2. The molecule has 0 saturated carbocycles. The largest absolute Gasteiger partial charge is 0.480 e. The molecule has 2 aromatic rings. The maximum atomic E-state index is 13.3. The van der Waals surface area contributed by atoms with E-state index >= 15 is 0 Å². The van der Waals surface area contributed by atoms with Gasteiger partial charge >= 0.3 is 12.1 Å². The molecule has 0 fully saturated rings. The van der Waals surface area contributed by atoms with E-state index in [1.807, 2.05) is 0 Å². The minimum atomic E-state index is -4.75. The molecule has 12 heteroatoms. The number of rotatable bonds is 10. The first-order valence-electron chi connectivity index (χ1n) is 11.1. The lowest BCUT2D eigenvalue weighted by atomic mass is 9.85. The summed E-state index contributed by atoms with van der Waals surface area (Å²) in [6.45, 7) is 6.59. The van der Waals surface area contributed by atoms with Crippen LogP contribution in [0.25, 0.3) is 0 Å². The molecule has 11 nitrogen and oxygen atoms in total. The highest BCUT2D eigenvalue weighted by Gasteiger charge is 2.46. The van der Waals surface area contributed by atoms with E-state index in [0.717, 1.165) is 24.3 Å². The Morgan fingerprint density at radius 3 is 2.08 bits per heavy atom. The molecule has 0 aliphatic carbocycles. The lowest BCUT2D eigenvalue weighted by molar-refractivity contribution is -0.384. The van der Waals surface area contributed by atoms with E-state index in [-0.39, 0.29) is 5.69 Å². The van der Waals surface area contributed by atoms with Crippen LogP contribution in [0.1, 0.15) is 45.6 Å². The number of carboxylic acids is 1. The van der Waals surface area contributed by atoms with Gasteiger partial charge in [0.25, 0.3) is 5.69 Å². The third-order valence-corrected chi connectivity index (χ3v) is 7.49. The Balaban J connectivity index is 2.56. The first-order chi connectivity index (χ1) is 16.7. The van der Waals surface area contributed by atoms with Gasteiger partial charge in [-0.05, 0) is 44.9 Å². The van der Waals surface area contributed by atoms with Gasteiger partial charge in [0.15, 0.2) is 15.1 Å². The second-order valence-electron chi connectivity index (χ2n) is 9.14. The van der Waals surface area contributed by atoms with E-state index in [2.05, 4.69) is 5.32 Å². The smallest absolute Gasteiger partial charge is 0.407 e. The number of nitrogens with one attached hydrogen (secondary N) is 1. The van der Waals surface area contributed by atoms with Crippen LogP contribution in [0.3, 0.4) is 0 Å². The summed E-state index contributed by atoms with van der Waals surface area (Å²) < 4.78 is 31.9. The Kier molecular flexibility index (Phi) is 9.16. The Hall–Kier alpha value is -3.51. The van der Waals surface area contributed by atoms with Crippen molar-refractivity contribution in [2.45, 2.75) is 67.9 Å². The number of ether oxygens (including phenoxy) is 1. The fraction of sp³-hybridized carbons (Fsp3) is 0.417. The summed E-state index contributed by atoms with van der Waals surface area (Å²) in [5.74, 6) is -2.53. The Morgan fingerprint density at radius 1 is 1.08 bits per heavy atom. The van der Waals surface area contributed by atoms with Crippen molar-refractivity contribution >= 4 is 27.6 Å². The standard InChI is InChI=1S/C24H30N2O9S/c1-5-18(15-9-7-6-8-10-15)19(25-23(30)35-24(2,3)4)20(27)21(22(28)29)36(33,34)17-13-11-16(12-14-17)26(31)32/h6-14,18-21,27H,5H2,1-4H3,(H,25,30)(H,28,29)/t18?,19-,20-,21+/m0/s1. The number of hydrogen-bond acceptors (Lipinski definition) is 8. The number of sulfone groups is 1. The van der Waals surface area contributed by atoms with E-state index in [1.165, 1.54) is 0 Å². The predicted octanol–water partition coefficient (Wildman–Crippen LogP) is 3.27. The maximum Gasteiger partial charge on any atom is 0.407 e. The van der Waals surface area contributed by atoms with Gasteiger partial charge in [-0.15, -0.1) is 0 Å². The summed E-state index contributed by atoms with van der Waals surface area (Å²) in [7, 11) is -4.75. The zero-order valence-corrected chi connectivity index (χ0v) is 21.1. The summed E-state index contributed by atoms with van der Waals surface area (Å²) in [5, 5.41) is 32.1. The van der Waals surface area contributed by atoms with Crippen LogP contribution in [0.5, 0.6) is 0 Å². The van der Waals surface area contributed by atoms with E-state index in [0.29, 0.717) is 12.0 Å². The first kappa shape index (κ1) is 28.7. The van der Waals surface area contributed by atoms with E-state index in [1.54, 1.807) is 58.0 Å². The maximum absolute atomic E-state index is 13.3. The van der Waals surface area contributed by atoms with Gasteiger partial charge in [-0.3, -0.25) is 14.9 Å². The first-order valence-corrected chi connectivity index (χ1v) is 12.7. The van der Waals surface area contributed by atoms with Gasteiger partial charge in [-0.25, -0.2) is 13.2 Å². The van der Waals surface area contributed by atoms with E-state index in [9.17, 15) is 38.3 Å². The third kappa shape index (κ3) is 7.01. The molecule has 1 amide bonds. The van der Waals surface area contributed by atoms with Gasteiger partial charge in [0.1, 0.15) is 11.7 Å². The minimum Gasteiger partial charge on any atom is -0.480 e. The van der Waals surface area contributed by atoms with Crippen molar-refractivity contribution in [3.8, 4) is 0 Å². The van der Waals surface area contributed by atoms with Crippen molar-refractivity contribution in [3.63, 3.8) is 0 Å². The minimum absolute atomic E-state index is 0.311. The van der Waals surface area contributed by atoms with Gasteiger partial charge < -0.3 is 20.3 Å². The predicted molar refractivity (Wildman–Crippen MR) is 130 cm³/mol. The molecule has 196 valence electrons. The van der Waals surface area contributed by atoms with Gasteiger partial charge in [0.2, 0.25) is 0 Å². The second-order valence-corrected chi connectivity index (χ2v) is 11.2. The van der Waals surface area contributed by atoms with E-state index < -0.39 is 60.6 Å². The number of nitro benzene ring substituents is 1. The number of carbonyl (C=O) groups is 2. The van der Waals surface area contributed by atoms with Crippen LogP contribution in [-0.2, 0) is 19.4 Å². The molecule has 0 aromatic heterocycles. The van der Waals surface area contributed by atoms with Crippen molar-refractivity contribution in [2.75, 3.05) is 0 Å². The second kappa shape index (κ2) is 11.5. The number of hydrogen-bond donors (Lipinski definition) is 3. The average molecular weight is 523 g/mol. The normalized spacial score (nSPS) is 15.2. The number of aliphatic hydroxyl groups is 1. The molecule has 36 heavy (non-hydrogen) atoms. The number of nitro groups is 1. The fourth-order valence-electron chi connectivity index (χ4n) is 3.82. The summed E-state index contributed by atoms with van der Waals surface area (Å²) >= 11 is 0. The lowest BCUT2D eigenvalue weighted by Gasteiger charge is -2.34. The van der Waals surface area contributed by atoms with Crippen molar-refractivity contribution in [1.29, 1.82) is 0 Å². The fourth-order valence-corrected chi connectivity index (χ4v) is 5.43. The zero-order chi connectivity index (χ0) is 27.3. The number of aliphatic hydroxyl groups excluding tert-OH is 1. The van der Waals surface area contributed by atoms with Crippen molar-refractivity contribution < 1.29 is 37.9 Å². The number of aliphatic carboxylic acids is 1. The molecule has 0 saturated heterocycles. The molecule has 0 aliphatic heterocycles. The van der Waals surface area contributed by atoms with Crippen LogP contribution < -0.4 is 5.32 Å². The Labute approximate surface area is 209 Å². The molecule has 0 spiro atoms. The third-order valence-electron chi connectivity index (χ3n) is 5.42. The molecule has 0 radical (unpaired) electrons. The number of non-ortho nitro benzene ring substituents is 1. The number of carboxylic acid groups (broad SMARTS) is 1. The van der Waals surface area contributed by atoms with Crippen LogP contribution >= 0.6 is 0 Å². The topological polar surface area (TPSA) is 173 Å². The van der Waals surface area contributed by atoms with Crippen LogP contribution in [0, 0.1) is 10.1 Å². The van der Waals surface area contributed by atoms with Gasteiger partial charge in [-0.1, -0.05) is 37.3 Å². The summed E-state index contributed by atoms with van der Waals surface area (Å²) in [6.07, 6.45) is -2.76. The summed E-state index contributed by atoms with van der Waals surface area (Å²) in [6, 6.07) is 10.9. The number of alkyl carbamates (subject to hydrolysis) is 1. The number of amides is 1. The monoisotopic (exact) mass is 522 g/mol. The highest BCUT2D eigenvalue weighted by atomic mass is 32.2. The summed E-state index contributed by atoms with van der Waals surface area (Å²) in [4.78, 5) is 34.5.